The first-order valence-electron chi connectivity index (χ1n) is 19.7. The van der Waals surface area contributed by atoms with Crippen LogP contribution in [0.25, 0.3) is 67.2 Å². The molecule has 3 nitrogen and oxygen atoms in total. The molecule has 0 saturated carbocycles. The van der Waals surface area contributed by atoms with Crippen LogP contribution in [-0.4, -0.2) is 15.1 Å². The number of aryl methyl sites for hydroxylation is 2. The summed E-state index contributed by atoms with van der Waals surface area (Å²) in [5.41, 5.74) is 17.9. The van der Waals surface area contributed by atoms with Crippen LogP contribution in [0, 0.1) is 19.9 Å². The number of aromatic hydroxyl groups is 1. The number of fused-ring (bicyclic) bond motifs is 3. The Labute approximate surface area is 360 Å². The zero-order valence-electron chi connectivity index (χ0n) is 32.6. The van der Waals surface area contributed by atoms with Crippen LogP contribution in [-0.2, 0) is 26.5 Å². The number of hydrogen-bond acceptors (Lipinski definition) is 3. The molecule has 10 rings (SSSR count). The fourth-order valence-corrected chi connectivity index (χ4v) is 8.83. The zero-order valence-corrected chi connectivity index (χ0v) is 34.9. The molecule has 0 aliphatic heterocycles. The Bertz CT molecular complexity index is 2940. The van der Waals surface area contributed by atoms with Crippen molar-refractivity contribution in [2.75, 3.05) is 0 Å². The standard InChI is InChI=1S/C55H39N2O.Pt/c1-36-16-14-26-48(54(36)58)53-35-43(38-17-6-3-7-18-38)34-52(57-53)41-20-15-19-40(31-41)51-33-42(30-37(2)56-51)39-28-29-47-46-25-12-13-27-49(46)55(50(47)32-39,44-21-8-4-9-22-44)45-23-10-5-11-24-45;/h3-30,32-35,58H,1-2H3;/q-1;. The van der Waals surface area contributed by atoms with Crippen LogP contribution in [0.1, 0.15) is 33.5 Å². The molecule has 0 fully saturated rings. The Hall–Kier alpha value is -6.67. The molecule has 1 aliphatic carbocycles. The van der Waals surface area contributed by atoms with Gasteiger partial charge in [0.2, 0.25) is 0 Å². The van der Waals surface area contributed by atoms with Crippen LogP contribution in [0.15, 0.2) is 194 Å². The van der Waals surface area contributed by atoms with Gasteiger partial charge in [0, 0.05) is 43.7 Å². The monoisotopic (exact) mass is 938 g/mol. The van der Waals surface area contributed by atoms with Gasteiger partial charge in [0.25, 0.3) is 0 Å². The van der Waals surface area contributed by atoms with Gasteiger partial charge in [0.15, 0.2) is 0 Å². The molecule has 0 amide bonds. The van der Waals surface area contributed by atoms with Gasteiger partial charge in [0.1, 0.15) is 5.75 Å². The topological polar surface area (TPSA) is 46.0 Å². The third-order valence-electron chi connectivity index (χ3n) is 11.5. The van der Waals surface area contributed by atoms with E-state index in [0.717, 1.165) is 56.0 Å². The maximum Gasteiger partial charge on any atom is 0.127 e. The summed E-state index contributed by atoms with van der Waals surface area (Å²) < 4.78 is 0. The SMILES string of the molecule is Cc1cc(-c2ccc3c(c2)C(c2ccccc2)(c2ccccc2)c2ccccc2-3)cc(-c2[c-]c(-c3cc(-c4ccccc4)cc(-c4cccc(C)c4O)n3)ccc2)n1.[Pt]. The molecule has 0 atom stereocenters. The van der Waals surface area contributed by atoms with Gasteiger partial charge in [-0.15, -0.1) is 24.3 Å². The smallest absolute Gasteiger partial charge is 0.127 e. The summed E-state index contributed by atoms with van der Waals surface area (Å²) in [6, 6.07) is 72.1. The molecule has 59 heavy (non-hydrogen) atoms. The fourth-order valence-electron chi connectivity index (χ4n) is 8.83. The molecule has 4 heteroatoms. The van der Waals surface area contributed by atoms with E-state index in [2.05, 4.69) is 153 Å². The van der Waals surface area contributed by atoms with Crippen LogP contribution >= 0.6 is 0 Å². The van der Waals surface area contributed by atoms with Crippen LogP contribution in [0.3, 0.4) is 0 Å². The van der Waals surface area contributed by atoms with Crippen molar-refractivity contribution in [3.63, 3.8) is 0 Å². The molecule has 0 radical (unpaired) electrons. The minimum Gasteiger partial charge on any atom is -0.507 e. The normalized spacial score (nSPS) is 12.3. The van der Waals surface area contributed by atoms with E-state index in [-0.39, 0.29) is 26.8 Å². The van der Waals surface area contributed by atoms with E-state index in [1.165, 1.54) is 33.4 Å². The molecule has 286 valence electrons. The van der Waals surface area contributed by atoms with Crippen molar-refractivity contribution in [1.29, 1.82) is 0 Å². The van der Waals surface area contributed by atoms with Crippen LogP contribution in [0.2, 0.25) is 0 Å². The maximum atomic E-state index is 11.1. The summed E-state index contributed by atoms with van der Waals surface area (Å²) in [6.45, 7) is 3.97. The van der Waals surface area contributed by atoms with Crippen molar-refractivity contribution in [3.05, 3.63) is 234 Å². The quantitative estimate of drug-likeness (QED) is 0.162. The molecule has 1 N–H and O–H groups in total. The molecular formula is C55H39N2OPt-. The first-order valence-corrected chi connectivity index (χ1v) is 19.7. The molecule has 0 spiro atoms. The molecule has 0 bridgehead atoms. The van der Waals surface area contributed by atoms with Crippen molar-refractivity contribution in [2.45, 2.75) is 19.3 Å². The van der Waals surface area contributed by atoms with Gasteiger partial charge in [0.05, 0.1) is 11.1 Å². The number of nitrogens with zero attached hydrogens (tertiary/aromatic N) is 2. The Morgan fingerprint density at radius 2 is 0.966 bits per heavy atom. The summed E-state index contributed by atoms with van der Waals surface area (Å²) in [7, 11) is 0. The first-order chi connectivity index (χ1) is 28.5. The number of phenols is 1. The van der Waals surface area contributed by atoms with Gasteiger partial charge < -0.3 is 5.11 Å². The van der Waals surface area contributed by atoms with E-state index in [1.54, 1.807) is 0 Å². The number of pyridine rings is 2. The number of aromatic nitrogens is 2. The molecule has 1 aliphatic rings. The Kier molecular flexibility index (Phi) is 10.0. The fraction of sp³-hybridized carbons (Fsp3) is 0.0545. The number of rotatable bonds is 7. The predicted octanol–water partition coefficient (Wildman–Crippen LogP) is 13.3. The second-order valence-corrected chi connectivity index (χ2v) is 15.1. The van der Waals surface area contributed by atoms with E-state index in [1.807, 2.05) is 61.5 Å². The van der Waals surface area contributed by atoms with Crippen molar-refractivity contribution in [3.8, 4) is 72.9 Å². The number of para-hydroxylation sites is 1. The summed E-state index contributed by atoms with van der Waals surface area (Å²) >= 11 is 0. The molecule has 7 aromatic carbocycles. The zero-order chi connectivity index (χ0) is 39.2. The number of benzene rings is 7. The van der Waals surface area contributed by atoms with Crippen molar-refractivity contribution < 1.29 is 26.2 Å². The number of hydrogen-bond donors (Lipinski definition) is 1. The molecule has 9 aromatic rings. The molecule has 2 aromatic heterocycles. The minimum atomic E-state index is -0.479. The van der Waals surface area contributed by atoms with Gasteiger partial charge in [-0.3, -0.25) is 9.97 Å². The van der Waals surface area contributed by atoms with E-state index in [0.29, 0.717) is 11.3 Å². The Morgan fingerprint density at radius 1 is 0.424 bits per heavy atom. The van der Waals surface area contributed by atoms with E-state index in [9.17, 15) is 5.11 Å². The van der Waals surface area contributed by atoms with Crippen molar-refractivity contribution in [1.82, 2.24) is 9.97 Å². The third kappa shape index (κ3) is 6.62. The number of phenolic OH excluding ortho intramolecular Hbond substituents is 1. The van der Waals surface area contributed by atoms with Gasteiger partial charge in [-0.05, 0) is 99.3 Å². The van der Waals surface area contributed by atoms with Gasteiger partial charge in [-0.1, -0.05) is 163 Å². The molecular weight excluding hydrogens is 900 g/mol. The minimum absolute atomic E-state index is 0. The second-order valence-electron chi connectivity index (χ2n) is 15.1. The first kappa shape index (κ1) is 37.9. The molecule has 2 heterocycles. The average Bonchev–Trinajstić information content (AvgIpc) is 3.58. The third-order valence-corrected chi connectivity index (χ3v) is 11.5. The predicted molar refractivity (Wildman–Crippen MR) is 236 cm³/mol. The van der Waals surface area contributed by atoms with E-state index in [4.69, 9.17) is 9.97 Å². The largest absolute Gasteiger partial charge is 0.507 e. The maximum absolute atomic E-state index is 11.1. The molecule has 0 unspecified atom stereocenters. The van der Waals surface area contributed by atoms with Crippen LogP contribution < -0.4 is 0 Å². The van der Waals surface area contributed by atoms with Crippen LogP contribution in [0.5, 0.6) is 5.75 Å². The van der Waals surface area contributed by atoms with Crippen molar-refractivity contribution in [2.24, 2.45) is 0 Å². The summed E-state index contributed by atoms with van der Waals surface area (Å²) in [6.07, 6.45) is 0. The average molecular weight is 939 g/mol. The van der Waals surface area contributed by atoms with E-state index < -0.39 is 5.41 Å². The Balaban J connectivity index is 0.00000449. The summed E-state index contributed by atoms with van der Waals surface area (Å²) in [4.78, 5) is 10.2. The molecule has 0 saturated heterocycles. The van der Waals surface area contributed by atoms with Crippen molar-refractivity contribution >= 4 is 0 Å². The van der Waals surface area contributed by atoms with E-state index >= 15 is 0 Å². The van der Waals surface area contributed by atoms with Gasteiger partial charge >= 0.3 is 0 Å². The van der Waals surface area contributed by atoms with Gasteiger partial charge in [-0.25, -0.2) is 0 Å². The Morgan fingerprint density at radius 3 is 1.66 bits per heavy atom. The second kappa shape index (κ2) is 15.6. The summed E-state index contributed by atoms with van der Waals surface area (Å²) in [5, 5.41) is 11.1. The summed E-state index contributed by atoms with van der Waals surface area (Å²) in [5.74, 6) is 0.237. The van der Waals surface area contributed by atoms with Gasteiger partial charge in [-0.2, -0.15) is 0 Å². The van der Waals surface area contributed by atoms with Crippen LogP contribution in [0.4, 0.5) is 0 Å².